The third-order valence-electron chi connectivity index (χ3n) is 2.79. The van der Waals surface area contributed by atoms with Gasteiger partial charge < -0.3 is 8.85 Å². The van der Waals surface area contributed by atoms with Crippen molar-refractivity contribution in [3.63, 3.8) is 0 Å². The molecule has 0 N–H and O–H groups in total. The van der Waals surface area contributed by atoms with Crippen LogP contribution in [0.3, 0.4) is 0 Å². The van der Waals surface area contributed by atoms with Crippen LogP contribution >= 0.6 is 0 Å². The van der Waals surface area contributed by atoms with E-state index in [2.05, 4.69) is 37.3 Å². The van der Waals surface area contributed by atoms with Gasteiger partial charge in [-0.15, -0.1) is 0 Å². The van der Waals surface area contributed by atoms with Gasteiger partial charge in [0.25, 0.3) is 0 Å². The largest absolute Gasteiger partial charge is 0.397 e. The van der Waals surface area contributed by atoms with Gasteiger partial charge in [0.15, 0.2) is 0 Å². The molecule has 0 atom stereocenters. The first kappa shape index (κ1) is 15.2. The van der Waals surface area contributed by atoms with E-state index in [0.29, 0.717) is 0 Å². The average molecular weight is 264 g/mol. The maximum atomic E-state index is 5.66. The molecule has 0 unspecified atom stereocenters. The van der Waals surface area contributed by atoms with Crippen molar-refractivity contribution in [3.05, 3.63) is 42.0 Å². The van der Waals surface area contributed by atoms with E-state index in [9.17, 15) is 0 Å². The summed E-state index contributed by atoms with van der Waals surface area (Å²) in [5.41, 5.74) is 2.62. The molecule has 100 valence electrons. The lowest BCUT2D eigenvalue weighted by molar-refractivity contribution is 0.213. The Balaban J connectivity index is 2.43. The molecule has 0 fully saturated rings. The van der Waals surface area contributed by atoms with Crippen LogP contribution in [-0.4, -0.2) is 22.5 Å². The zero-order chi connectivity index (χ0) is 13.2. The van der Waals surface area contributed by atoms with Crippen LogP contribution in [0.4, 0.5) is 0 Å². The minimum atomic E-state index is -1.43. The Hall–Kier alpha value is -0.903. The van der Waals surface area contributed by atoms with Gasteiger partial charge in [-0.25, -0.2) is 0 Å². The summed E-state index contributed by atoms with van der Waals surface area (Å²) < 4.78 is 11.3. The first-order chi connectivity index (χ1) is 8.77. The Kier molecular flexibility index (Phi) is 7.65. The van der Waals surface area contributed by atoms with Crippen LogP contribution in [-0.2, 0) is 8.85 Å². The standard InChI is InChI=1S/C15H24O2Si/c1-4-16-18(17-5-2)13-9-10-14(3)15-11-7-6-8-12-15/h6-8,10-12,18H,4-5,9,13H2,1-3H3. The topological polar surface area (TPSA) is 18.5 Å². The molecule has 0 radical (unpaired) electrons. The lowest BCUT2D eigenvalue weighted by Gasteiger charge is -2.13. The minimum absolute atomic E-state index is 0.762. The molecule has 1 aromatic rings. The van der Waals surface area contributed by atoms with Crippen LogP contribution in [0.5, 0.6) is 0 Å². The fraction of sp³-hybridized carbons (Fsp3) is 0.467. The highest BCUT2D eigenvalue weighted by molar-refractivity contribution is 6.44. The van der Waals surface area contributed by atoms with Gasteiger partial charge in [-0.1, -0.05) is 36.4 Å². The molecular formula is C15H24O2Si. The monoisotopic (exact) mass is 264 g/mol. The molecule has 1 aromatic carbocycles. The number of rotatable bonds is 8. The molecule has 0 bridgehead atoms. The quantitative estimate of drug-likeness (QED) is 0.665. The lowest BCUT2D eigenvalue weighted by atomic mass is 10.1. The Labute approximate surface area is 112 Å². The Bertz CT molecular complexity index is 343. The molecule has 0 aliphatic rings. The summed E-state index contributed by atoms with van der Waals surface area (Å²) in [5.74, 6) is 0. The third kappa shape index (κ3) is 5.62. The molecular weight excluding hydrogens is 240 g/mol. The molecule has 0 aliphatic heterocycles. The van der Waals surface area contributed by atoms with Crippen molar-refractivity contribution >= 4 is 14.9 Å². The predicted octanol–water partition coefficient (Wildman–Crippen LogP) is 3.77. The summed E-state index contributed by atoms with van der Waals surface area (Å²) in [4.78, 5) is 0. The Morgan fingerprint density at radius 3 is 2.28 bits per heavy atom. The molecule has 0 amide bonds. The van der Waals surface area contributed by atoms with E-state index in [-0.39, 0.29) is 0 Å². The van der Waals surface area contributed by atoms with Gasteiger partial charge in [0, 0.05) is 13.2 Å². The second-order valence-electron chi connectivity index (χ2n) is 4.17. The summed E-state index contributed by atoms with van der Waals surface area (Å²) in [6.07, 6.45) is 3.32. The van der Waals surface area contributed by atoms with Crippen LogP contribution in [0.2, 0.25) is 6.04 Å². The number of benzene rings is 1. The highest BCUT2D eigenvalue weighted by Crippen LogP contribution is 2.15. The molecule has 0 aliphatic carbocycles. The summed E-state index contributed by atoms with van der Waals surface area (Å²) >= 11 is 0. The normalized spacial score (nSPS) is 12.1. The molecule has 0 aromatic heterocycles. The van der Waals surface area contributed by atoms with Crippen LogP contribution in [0.15, 0.2) is 36.4 Å². The Morgan fingerprint density at radius 1 is 1.11 bits per heavy atom. The summed E-state index contributed by atoms with van der Waals surface area (Å²) in [7, 11) is -1.43. The second kappa shape index (κ2) is 9.08. The smallest absolute Gasteiger partial charge is 0.321 e. The first-order valence-corrected chi connectivity index (χ1v) is 8.49. The maximum Gasteiger partial charge on any atom is 0.321 e. The van der Waals surface area contributed by atoms with Gasteiger partial charge in [0.1, 0.15) is 0 Å². The highest BCUT2D eigenvalue weighted by Gasteiger charge is 2.10. The molecule has 0 saturated heterocycles. The van der Waals surface area contributed by atoms with Crippen LogP contribution in [0.1, 0.15) is 32.8 Å². The molecule has 3 heteroatoms. The fourth-order valence-corrected chi connectivity index (χ4v) is 3.45. The van der Waals surface area contributed by atoms with Gasteiger partial charge in [-0.3, -0.25) is 0 Å². The van der Waals surface area contributed by atoms with Gasteiger partial charge in [0.05, 0.1) is 0 Å². The van der Waals surface area contributed by atoms with Crippen molar-refractivity contribution < 1.29 is 8.85 Å². The number of allylic oxidation sites excluding steroid dienone is 2. The van der Waals surface area contributed by atoms with Crippen molar-refractivity contribution in [2.75, 3.05) is 13.2 Å². The zero-order valence-electron chi connectivity index (χ0n) is 11.7. The number of hydrogen-bond acceptors (Lipinski definition) is 2. The van der Waals surface area contributed by atoms with E-state index in [4.69, 9.17) is 8.85 Å². The Morgan fingerprint density at radius 2 is 1.72 bits per heavy atom. The van der Waals surface area contributed by atoms with E-state index >= 15 is 0 Å². The van der Waals surface area contributed by atoms with E-state index in [1.165, 1.54) is 11.1 Å². The van der Waals surface area contributed by atoms with Crippen molar-refractivity contribution in [2.24, 2.45) is 0 Å². The highest BCUT2D eigenvalue weighted by atomic mass is 28.3. The van der Waals surface area contributed by atoms with Gasteiger partial charge >= 0.3 is 9.28 Å². The molecule has 0 spiro atoms. The van der Waals surface area contributed by atoms with Gasteiger partial charge in [-0.2, -0.15) is 0 Å². The average Bonchev–Trinajstić information content (AvgIpc) is 2.40. The fourth-order valence-electron chi connectivity index (χ4n) is 1.84. The van der Waals surface area contributed by atoms with Crippen molar-refractivity contribution in [3.8, 4) is 0 Å². The summed E-state index contributed by atoms with van der Waals surface area (Å²) in [5, 5.41) is 0. The molecule has 0 saturated carbocycles. The van der Waals surface area contributed by atoms with Crippen molar-refractivity contribution in [2.45, 2.75) is 33.2 Å². The zero-order valence-corrected chi connectivity index (χ0v) is 12.8. The van der Waals surface area contributed by atoms with Crippen LogP contribution in [0.25, 0.3) is 5.57 Å². The first-order valence-electron chi connectivity index (χ1n) is 6.73. The summed E-state index contributed by atoms with van der Waals surface area (Å²) in [6.45, 7) is 7.75. The van der Waals surface area contributed by atoms with E-state index < -0.39 is 9.28 Å². The van der Waals surface area contributed by atoms with Crippen LogP contribution < -0.4 is 0 Å². The maximum absolute atomic E-state index is 5.66. The molecule has 18 heavy (non-hydrogen) atoms. The van der Waals surface area contributed by atoms with E-state index in [0.717, 1.165) is 25.7 Å². The van der Waals surface area contributed by atoms with Crippen molar-refractivity contribution in [1.82, 2.24) is 0 Å². The summed E-state index contributed by atoms with van der Waals surface area (Å²) in [6, 6.07) is 11.5. The predicted molar refractivity (Wildman–Crippen MR) is 79.9 cm³/mol. The van der Waals surface area contributed by atoms with Crippen LogP contribution in [0, 0.1) is 0 Å². The van der Waals surface area contributed by atoms with Crippen molar-refractivity contribution in [1.29, 1.82) is 0 Å². The van der Waals surface area contributed by atoms with E-state index in [1.807, 2.05) is 19.9 Å². The number of hydrogen-bond donors (Lipinski definition) is 0. The molecule has 0 heterocycles. The van der Waals surface area contributed by atoms with Gasteiger partial charge in [0.2, 0.25) is 0 Å². The van der Waals surface area contributed by atoms with E-state index in [1.54, 1.807) is 0 Å². The minimum Gasteiger partial charge on any atom is -0.397 e. The molecule has 1 rings (SSSR count). The second-order valence-corrected chi connectivity index (χ2v) is 6.27. The SMILES string of the molecule is CCO[SiH](CCC=C(C)c1ccccc1)OCC. The van der Waals surface area contributed by atoms with Gasteiger partial charge in [-0.05, 0) is 44.4 Å². The third-order valence-corrected chi connectivity index (χ3v) is 5.00. The molecule has 2 nitrogen and oxygen atoms in total. The lowest BCUT2D eigenvalue weighted by Crippen LogP contribution is -2.22.